The summed E-state index contributed by atoms with van der Waals surface area (Å²) >= 11 is 0. The van der Waals surface area contributed by atoms with E-state index < -0.39 is 0 Å². The third-order valence-corrected chi connectivity index (χ3v) is 2.69. The monoisotopic (exact) mass is 262 g/mol. The topological polar surface area (TPSA) is 83.8 Å². The summed E-state index contributed by atoms with van der Waals surface area (Å²) in [4.78, 5) is 16.1. The summed E-state index contributed by atoms with van der Waals surface area (Å²) in [6.07, 6.45) is 4.02. The van der Waals surface area contributed by atoms with Crippen LogP contribution in [0.15, 0.2) is 22.8 Å². The molecule has 2 heterocycles. The number of nitrogens with zero attached hydrogens (tertiary/aromatic N) is 2. The van der Waals surface area contributed by atoms with Crippen molar-refractivity contribution in [3.05, 3.63) is 35.8 Å². The molecule has 2 rings (SSSR count). The van der Waals surface area contributed by atoms with E-state index >= 15 is 0 Å². The minimum atomic E-state index is -0.266. The van der Waals surface area contributed by atoms with Gasteiger partial charge in [0.25, 0.3) is 5.91 Å². The maximum Gasteiger partial charge on any atom is 0.291 e. The van der Waals surface area contributed by atoms with Crippen LogP contribution in [0.2, 0.25) is 0 Å². The molecule has 102 valence electrons. The first-order valence-electron chi connectivity index (χ1n) is 6.43. The Morgan fingerprint density at radius 1 is 1.58 bits per heavy atom. The van der Waals surface area contributed by atoms with Gasteiger partial charge < -0.3 is 9.73 Å². The molecule has 0 radical (unpaired) electrons. The van der Waals surface area contributed by atoms with Gasteiger partial charge in [-0.05, 0) is 25.5 Å². The molecule has 2 aromatic heterocycles. The summed E-state index contributed by atoms with van der Waals surface area (Å²) in [7, 11) is 0. The Labute approximate surface area is 111 Å². The summed E-state index contributed by atoms with van der Waals surface area (Å²) in [5.41, 5.74) is 0. The Kier molecular flexibility index (Phi) is 4.33. The van der Waals surface area contributed by atoms with Gasteiger partial charge in [0, 0.05) is 18.9 Å². The fourth-order valence-electron chi connectivity index (χ4n) is 1.82. The van der Waals surface area contributed by atoms with Crippen molar-refractivity contribution in [1.82, 2.24) is 20.5 Å². The van der Waals surface area contributed by atoms with Gasteiger partial charge in [-0.2, -0.15) is 0 Å². The highest BCUT2D eigenvalue weighted by molar-refractivity contribution is 5.90. The van der Waals surface area contributed by atoms with Crippen LogP contribution in [0.1, 0.15) is 42.5 Å². The molecular weight excluding hydrogens is 244 g/mol. The summed E-state index contributed by atoms with van der Waals surface area (Å²) in [5.74, 6) is 1.51. The lowest BCUT2D eigenvalue weighted by atomic mass is 10.2. The second-order valence-electron chi connectivity index (χ2n) is 4.51. The average molecular weight is 262 g/mol. The normalized spacial score (nSPS) is 12.3. The molecule has 1 atom stereocenters. The number of carbonyl (C=O) groups excluding carboxylic acids is 1. The first kappa shape index (κ1) is 13.3. The maximum absolute atomic E-state index is 11.9. The van der Waals surface area contributed by atoms with Crippen molar-refractivity contribution in [1.29, 1.82) is 0 Å². The molecule has 0 aliphatic carbocycles. The highest BCUT2D eigenvalue weighted by Gasteiger charge is 2.15. The number of aryl methyl sites for hydroxylation is 1. The fourth-order valence-corrected chi connectivity index (χ4v) is 1.82. The van der Waals surface area contributed by atoms with Crippen molar-refractivity contribution in [2.45, 2.75) is 39.2 Å². The van der Waals surface area contributed by atoms with Crippen LogP contribution < -0.4 is 5.32 Å². The number of furan rings is 1. The summed E-state index contributed by atoms with van der Waals surface area (Å²) in [5, 5.41) is 9.53. The van der Waals surface area contributed by atoms with Gasteiger partial charge in [0.05, 0.1) is 6.26 Å². The van der Waals surface area contributed by atoms with Gasteiger partial charge in [0.1, 0.15) is 11.6 Å². The van der Waals surface area contributed by atoms with Crippen molar-refractivity contribution >= 4 is 5.91 Å². The molecule has 0 fully saturated rings. The largest absolute Gasteiger partial charge is 0.469 e. The average Bonchev–Trinajstić information content (AvgIpc) is 3.00. The zero-order valence-corrected chi connectivity index (χ0v) is 11.1. The zero-order chi connectivity index (χ0) is 13.7. The van der Waals surface area contributed by atoms with Crippen molar-refractivity contribution in [2.75, 3.05) is 0 Å². The molecule has 0 aromatic carbocycles. The molecule has 19 heavy (non-hydrogen) atoms. The van der Waals surface area contributed by atoms with Crippen LogP contribution in [0.5, 0.6) is 0 Å². The molecule has 1 unspecified atom stereocenters. The van der Waals surface area contributed by atoms with E-state index in [0.717, 1.165) is 24.4 Å². The second-order valence-corrected chi connectivity index (χ2v) is 4.51. The predicted octanol–water partition coefficient (Wildman–Crippen LogP) is 1.71. The van der Waals surface area contributed by atoms with Gasteiger partial charge in [-0.15, -0.1) is 5.10 Å². The van der Waals surface area contributed by atoms with Crippen LogP contribution in [0.4, 0.5) is 0 Å². The Balaban J connectivity index is 1.88. The van der Waals surface area contributed by atoms with Crippen LogP contribution in [0, 0.1) is 0 Å². The van der Waals surface area contributed by atoms with Crippen molar-refractivity contribution in [3.63, 3.8) is 0 Å². The van der Waals surface area contributed by atoms with Crippen LogP contribution in [-0.4, -0.2) is 27.1 Å². The number of hydrogen-bond acceptors (Lipinski definition) is 4. The molecular formula is C13H18N4O2. The van der Waals surface area contributed by atoms with E-state index in [1.807, 2.05) is 26.0 Å². The molecule has 6 nitrogen and oxygen atoms in total. The van der Waals surface area contributed by atoms with Crippen molar-refractivity contribution < 1.29 is 9.21 Å². The van der Waals surface area contributed by atoms with E-state index in [-0.39, 0.29) is 17.8 Å². The van der Waals surface area contributed by atoms with E-state index in [0.29, 0.717) is 6.42 Å². The first-order chi connectivity index (χ1) is 9.19. The van der Waals surface area contributed by atoms with Crippen LogP contribution in [-0.2, 0) is 12.8 Å². The molecule has 1 amide bonds. The van der Waals surface area contributed by atoms with E-state index in [1.54, 1.807) is 6.26 Å². The Hall–Kier alpha value is -2.11. The zero-order valence-electron chi connectivity index (χ0n) is 11.1. The highest BCUT2D eigenvalue weighted by atomic mass is 16.3. The standard InChI is InChI=1S/C13H18N4O2/c1-3-5-11-15-12(17-16-11)13(18)14-9(2)8-10-6-4-7-19-10/h4,6-7,9H,3,5,8H2,1-2H3,(H,14,18)(H,15,16,17). The molecule has 6 heteroatoms. The number of aromatic amines is 1. The lowest BCUT2D eigenvalue weighted by Crippen LogP contribution is -2.34. The number of carbonyl (C=O) groups is 1. The molecule has 0 spiro atoms. The third-order valence-electron chi connectivity index (χ3n) is 2.69. The Morgan fingerprint density at radius 3 is 3.11 bits per heavy atom. The number of nitrogens with one attached hydrogen (secondary N) is 2. The van der Waals surface area contributed by atoms with Crippen LogP contribution in [0.3, 0.4) is 0 Å². The van der Waals surface area contributed by atoms with E-state index in [4.69, 9.17) is 4.42 Å². The van der Waals surface area contributed by atoms with Crippen LogP contribution in [0.25, 0.3) is 0 Å². The lowest BCUT2D eigenvalue weighted by molar-refractivity contribution is 0.0929. The summed E-state index contributed by atoms with van der Waals surface area (Å²) < 4.78 is 5.24. The molecule has 0 bridgehead atoms. The number of aromatic nitrogens is 3. The summed E-state index contributed by atoms with van der Waals surface area (Å²) in [6, 6.07) is 3.68. The molecule has 0 saturated carbocycles. The third kappa shape index (κ3) is 3.67. The molecule has 0 aliphatic rings. The minimum Gasteiger partial charge on any atom is -0.469 e. The number of rotatable bonds is 6. The predicted molar refractivity (Wildman–Crippen MR) is 69.7 cm³/mol. The Morgan fingerprint density at radius 2 is 2.42 bits per heavy atom. The molecule has 2 N–H and O–H groups in total. The van der Waals surface area contributed by atoms with E-state index in [1.165, 1.54) is 0 Å². The van der Waals surface area contributed by atoms with E-state index in [2.05, 4.69) is 20.5 Å². The SMILES string of the molecule is CCCc1nc(C(=O)NC(C)Cc2ccco2)n[nH]1. The van der Waals surface area contributed by atoms with Crippen molar-refractivity contribution in [2.24, 2.45) is 0 Å². The maximum atomic E-state index is 11.9. The van der Waals surface area contributed by atoms with E-state index in [9.17, 15) is 4.79 Å². The van der Waals surface area contributed by atoms with Crippen molar-refractivity contribution in [3.8, 4) is 0 Å². The number of hydrogen-bond donors (Lipinski definition) is 2. The summed E-state index contributed by atoms with van der Waals surface area (Å²) in [6.45, 7) is 3.97. The van der Waals surface area contributed by atoms with Gasteiger partial charge >= 0.3 is 0 Å². The van der Waals surface area contributed by atoms with Gasteiger partial charge in [-0.1, -0.05) is 6.92 Å². The second kappa shape index (κ2) is 6.17. The smallest absolute Gasteiger partial charge is 0.291 e. The van der Waals surface area contributed by atoms with Gasteiger partial charge in [-0.3, -0.25) is 9.89 Å². The lowest BCUT2D eigenvalue weighted by Gasteiger charge is -2.10. The first-order valence-corrected chi connectivity index (χ1v) is 6.43. The van der Waals surface area contributed by atoms with Gasteiger partial charge in [0.2, 0.25) is 5.82 Å². The number of H-pyrrole nitrogens is 1. The highest BCUT2D eigenvalue weighted by Crippen LogP contribution is 2.04. The fraction of sp³-hybridized carbons (Fsp3) is 0.462. The number of amides is 1. The molecule has 2 aromatic rings. The van der Waals surface area contributed by atoms with Gasteiger partial charge in [-0.25, -0.2) is 4.98 Å². The Bertz CT molecular complexity index is 518. The van der Waals surface area contributed by atoms with Gasteiger partial charge in [0.15, 0.2) is 0 Å². The minimum absolute atomic E-state index is 0.0354. The molecule has 0 saturated heterocycles. The molecule has 0 aliphatic heterocycles. The van der Waals surface area contributed by atoms with Crippen LogP contribution >= 0.6 is 0 Å². The quantitative estimate of drug-likeness (QED) is 0.830.